The summed E-state index contributed by atoms with van der Waals surface area (Å²) in [6.45, 7) is 14.8. The Kier molecular flexibility index (Phi) is 7.17. The third kappa shape index (κ3) is 5.39. The molecule has 4 atom stereocenters. The second-order valence-electron chi connectivity index (χ2n) is 9.39. The number of esters is 1. The van der Waals surface area contributed by atoms with Gasteiger partial charge in [-0.1, -0.05) is 32.9 Å². The number of methoxy groups -OCH3 is 1. The summed E-state index contributed by atoms with van der Waals surface area (Å²) in [5.74, 6) is -0.412. The first-order valence-electron chi connectivity index (χ1n) is 10.1. The molecular weight excluding hydrogens is 386 g/mol. The van der Waals surface area contributed by atoms with Crippen molar-refractivity contribution in [2.75, 3.05) is 7.11 Å². The van der Waals surface area contributed by atoms with Crippen molar-refractivity contribution < 1.29 is 23.5 Å². The van der Waals surface area contributed by atoms with Gasteiger partial charge in [-0.15, -0.1) is 0 Å². The predicted molar refractivity (Wildman–Crippen MR) is 115 cm³/mol. The lowest BCUT2D eigenvalue weighted by atomic mass is 9.79. The van der Waals surface area contributed by atoms with Gasteiger partial charge < -0.3 is 19.2 Å². The van der Waals surface area contributed by atoms with Gasteiger partial charge in [0.05, 0.1) is 31.1 Å². The molecule has 162 valence electrons. The third-order valence-corrected chi connectivity index (χ3v) is 10.8. The van der Waals surface area contributed by atoms with E-state index in [0.29, 0.717) is 0 Å². The van der Waals surface area contributed by atoms with Gasteiger partial charge in [0, 0.05) is 0 Å². The summed E-state index contributed by atoms with van der Waals surface area (Å²) >= 11 is 0. The first-order chi connectivity index (χ1) is 13.4. The van der Waals surface area contributed by atoms with Crippen molar-refractivity contribution >= 4 is 20.2 Å². The molecule has 7 heteroatoms. The van der Waals surface area contributed by atoms with Crippen molar-refractivity contribution in [3.05, 3.63) is 29.8 Å². The number of hydrogen-bond acceptors (Lipinski definition) is 5. The van der Waals surface area contributed by atoms with Gasteiger partial charge in [-0.25, -0.2) is 0 Å². The van der Waals surface area contributed by atoms with Crippen LogP contribution in [0.25, 0.3) is 0 Å². The molecule has 0 radical (unpaired) electrons. The van der Waals surface area contributed by atoms with E-state index in [0.717, 1.165) is 11.3 Å². The van der Waals surface area contributed by atoms with Crippen LogP contribution in [0.4, 0.5) is 0 Å². The molecular formula is C22H35NO5Si. The summed E-state index contributed by atoms with van der Waals surface area (Å²) in [5.41, 5.74) is 0.884. The number of carbonyl (C=O) groups excluding carboxylic acids is 2. The zero-order valence-corrected chi connectivity index (χ0v) is 19.9. The molecule has 0 spiro atoms. The summed E-state index contributed by atoms with van der Waals surface area (Å²) < 4.78 is 17.0. The Morgan fingerprint density at radius 2 is 1.76 bits per heavy atom. The Morgan fingerprint density at radius 3 is 2.24 bits per heavy atom. The van der Waals surface area contributed by atoms with Crippen LogP contribution < -0.4 is 10.1 Å². The maximum absolute atomic E-state index is 12.6. The van der Waals surface area contributed by atoms with E-state index >= 15 is 0 Å². The van der Waals surface area contributed by atoms with Crippen LogP contribution in [0.2, 0.25) is 18.1 Å². The van der Waals surface area contributed by atoms with E-state index in [1.54, 1.807) is 14.0 Å². The lowest BCUT2D eigenvalue weighted by Crippen LogP contribution is -2.66. The van der Waals surface area contributed by atoms with Gasteiger partial charge in [-0.2, -0.15) is 0 Å². The lowest BCUT2D eigenvalue weighted by molar-refractivity contribution is -0.156. The van der Waals surface area contributed by atoms with Crippen LogP contribution in [0.15, 0.2) is 24.3 Å². The minimum Gasteiger partial charge on any atom is -0.497 e. The van der Waals surface area contributed by atoms with Crippen LogP contribution in [-0.4, -0.2) is 39.4 Å². The quantitative estimate of drug-likeness (QED) is 0.391. The highest BCUT2D eigenvalue weighted by molar-refractivity contribution is 6.74. The summed E-state index contributed by atoms with van der Waals surface area (Å²) in [4.78, 5) is 24.8. The lowest BCUT2D eigenvalue weighted by Gasteiger charge is -2.46. The Morgan fingerprint density at radius 1 is 1.17 bits per heavy atom. The van der Waals surface area contributed by atoms with Gasteiger partial charge >= 0.3 is 5.97 Å². The number of amides is 1. The van der Waals surface area contributed by atoms with Crippen LogP contribution in [0.1, 0.15) is 40.2 Å². The maximum atomic E-state index is 12.6. The molecule has 1 fully saturated rings. The fourth-order valence-electron chi connectivity index (χ4n) is 3.23. The highest BCUT2D eigenvalue weighted by Gasteiger charge is 2.50. The summed E-state index contributed by atoms with van der Waals surface area (Å²) in [5, 5.41) is 2.93. The van der Waals surface area contributed by atoms with E-state index in [9.17, 15) is 9.59 Å². The Hall–Kier alpha value is -1.86. The van der Waals surface area contributed by atoms with Crippen LogP contribution in [0, 0.1) is 11.8 Å². The molecule has 0 aliphatic carbocycles. The normalized spacial score (nSPS) is 21.6. The van der Waals surface area contributed by atoms with E-state index in [2.05, 4.69) is 39.2 Å². The average Bonchev–Trinajstić information content (AvgIpc) is 2.62. The fourth-order valence-corrected chi connectivity index (χ4v) is 4.66. The molecule has 1 aromatic carbocycles. The molecule has 6 nitrogen and oxygen atoms in total. The number of nitrogens with one attached hydrogen (secondary N) is 1. The topological polar surface area (TPSA) is 73.9 Å². The molecule has 0 aromatic heterocycles. The van der Waals surface area contributed by atoms with Crippen molar-refractivity contribution in [2.24, 2.45) is 11.8 Å². The van der Waals surface area contributed by atoms with Crippen molar-refractivity contribution in [3.63, 3.8) is 0 Å². The van der Waals surface area contributed by atoms with Crippen molar-refractivity contribution in [3.8, 4) is 5.75 Å². The molecule has 1 aromatic rings. The number of benzene rings is 1. The monoisotopic (exact) mass is 421 g/mol. The Balaban J connectivity index is 1.95. The van der Waals surface area contributed by atoms with E-state index in [4.69, 9.17) is 13.9 Å². The molecule has 2 rings (SSSR count). The average molecular weight is 422 g/mol. The maximum Gasteiger partial charge on any atom is 0.311 e. The van der Waals surface area contributed by atoms with Crippen molar-refractivity contribution in [2.45, 2.75) is 71.5 Å². The summed E-state index contributed by atoms with van der Waals surface area (Å²) in [6.07, 6.45) is -0.244. The smallest absolute Gasteiger partial charge is 0.311 e. The summed E-state index contributed by atoms with van der Waals surface area (Å²) in [6, 6.07) is 7.11. The van der Waals surface area contributed by atoms with Gasteiger partial charge in [0.15, 0.2) is 8.32 Å². The van der Waals surface area contributed by atoms with E-state index in [1.165, 1.54) is 0 Å². The van der Waals surface area contributed by atoms with Crippen LogP contribution in [0.3, 0.4) is 0 Å². The number of rotatable bonds is 8. The van der Waals surface area contributed by atoms with Crippen LogP contribution in [0.5, 0.6) is 5.75 Å². The molecule has 29 heavy (non-hydrogen) atoms. The van der Waals surface area contributed by atoms with E-state index in [1.807, 2.05) is 31.2 Å². The predicted octanol–water partition coefficient (Wildman–Crippen LogP) is 3.90. The van der Waals surface area contributed by atoms with E-state index in [-0.39, 0.29) is 41.6 Å². The standard InChI is InChI=1S/C22H35NO5Si/c1-14(21(25)27-13-16-9-11-17(26-6)12-10-16)19-18(20(24)23-19)15(2)28-29(7,8)22(3,4)5/h9-12,14-15,18-19H,13H2,1-8H3,(H,23,24)/t14-,15-,18-,19-/m1/s1. The molecule has 1 N–H and O–H groups in total. The Labute approximate surface area is 175 Å². The number of hydrogen-bond donors (Lipinski definition) is 1. The minimum atomic E-state index is -2.01. The Bertz CT molecular complexity index is 726. The highest BCUT2D eigenvalue weighted by atomic mass is 28.4. The first kappa shape index (κ1) is 23.4. The number of carbonyl (C=O) groups is 2. The molecule has 1 amide bonds. The van der Waals surface area contributed by atoms with Gasteiger partial charge in [-0.05, 0) is 49.7 Å². The molecule has 1 aliphatic heterocycles. The highest BCUT2D eigenvalue weighted by Crippen LogP contribution is 2.39. The van der Waals surface area contributed by atoms with Crippen molar-refractivity contribution in [1.29, 1.82) is 0 Å². The second kappa shape index (κ2) is 8.88. The van der Waals surface area contributed by atoms with Gasteiger partial charge in [0.2, 0.25) is 5.91 Å². The van der Waals surface area contributed by atoms with Gasteiger partial charge in [0.1, 0.15) is 12.4 Å². The minimum absolute atomic E-state index is 0.0554. The molecule has 0 bridgehead atoms. The third-order valence-electron chi connectivity index (χ3n) is 6.24. The molecule has 0 saturated carbocycles. The second-order valence-corrected chi connectivity index (χ2v) is 14.1. The molecule has 1 saturated heterocycles. The van der Waals surface area contributed by atoms with Gasteiger partial charge in [0.25, 0.3) is 0 Å². The van der Waals surface area contributed by atoms with E-state index < -0.39 is 14.2 Å². The number of ether oxygens (including phenoxy) is 2. The fraction of sp³-hybridized carbons (Fsp3) is 0.636. The van der Waals surface area contributed by atoms with Crippen LogP contribution >= 0.6 is 0 Å². The van der Waals surface area contributed by atoms with Crippen molar-refractivity contribution in [1.82, 2.24) is 5.32 Å². The largest absolute Gasteiger partial charge is 0.497 e. The summed E-state index contributed by atoms with van der Waals surface area (Å²) in [7, 11) is -0.401. The zero-order valence-electron chi connectivity index (χ0n) is 18.9. The first-order valence-corrected chi connectivity index (χ1v) is 13.1. The van der Waals surface area contributed by atoms with Crippen LogP contribution in [-0.2, 0) is 25.4 Å². The molecule has 0 unspecified atom stereocenters. The molecule has 1 aliphatic rings. The number of β-lactam (4-membered cyclic amide) rings is 1. The van der Waals surface area contributed by atoms with Gasteiger partial charge in [-0.3, -0.25) is 9.59 Å². The zero-order chi connectivity index (χ0) is 22.0. The molecule has 1 heterocycles. The SMILES string of the molecule is COc1ccc(COC(=O)[C@H](C)[C@H]2NC(=O)[C@@H]2[C@@H](C)O[Si](C)(C)C(C)(C)C)cc1.